The Morgan fingerprint density at radius 1 is 0.909 bits per heavy atom. The summed E-state index contributed by atoms with van der Waals surface area (Å²) in [6, 6.07) is 20.0. The quantitative estimate of drug-likeness (QED) is 0.603. The van der Waals surface area contributed by atoms with Crippen LogP contribution in [0.2, 0.25) is 0 Å². The molecule has 1 fully saturated rings. The molecule has 0 spiro atoms. The molecule has 3 heterocycles. The highest BCUT2D eigenvalue weighted by Gasteiger charge is 2.31. The van der Waals surface area contributed by atoms with Crippen molar-refractivity contribution in [2.75, 3.05) is 26.2 Å². The minimum atomic E-state index is -0.144. The van der Waals surface area contributed by atoms with E-state index in [2.05, 4.69) is 10.3 Å². The zero-order valence-corrected chi connectivity index (χ0v) is 18.5. The summed E-state index contributed by atoms with van der Waals surface area (Å²) < 4.78 is 7.79. The maximum Gasteiger partial charge on any atom is 0.276 e. The summed E-state index contributed by atoms with van der Waals surface area (Å²) in [6.45, 7) is 2.89. The molecule has 5 rings (SSSR count). The van der Waals surface area contributed by atoms with E-state index in [-0.39, 0.29) is 17.9 Å². The standard InChI is InChI=1S/C25H27N5O3/c31-23(12-11-19-7-3-1-4-8-19)28-13-15-29(16-14-28)25(32)24-21-18-33-22(17-30(21)27-26-24)20-9-5-2-6-10-20/h1-10,22H,11-18H2/t22-/m1/s1. The number of aryl methyl sites for hydroxylation is 1. The fourth-order valence-corrected chi connectivity index (χ4v) is 4.41. The van der Waals surface area contributed by atoms with E-state index in [0.29, 0.717) is 57.1 Å². The summed E-state index contributed by atoms with van der Waals surface area (Å²) in [5.74, 6) is -0.0123. The Bertz CT molecular complexity index is 1110. The van der Waals surface area contributed by atoms with Gasteiger partial charge in [-0.3, -0.25) is 9.59 Å². The molecule has 170 valence electrons. The van der Waals surface area contributed by atoms with Gasteiger partial charge in [0.15, 0.2) is 5.69 Å². The molecule has 3 aromatic rings. The number of aromatic nitrogens is 3. The van der Waals surface area contributed by atoms with Crippen LogP contribution in [0.5, 0.6) is 0 Å². The van der Waals surface area contributed by atoms with Gasteiger partial charge >= 0.3 is 0 Å². The lowest BCUT2D eigenvalue weighted by molar-refractivity contribution is -0.132. The smallest absolute Gasteiger partial charge is 0.276 e. The summed E-state index contributed by atoms with van der Waals surface area (Å²) in [5.41, 5.74) is 3.31. The molecular formula is C25H27N5O3. The number of carbonyl (C=O) groups excluding carboxylic acids is 2. The number of carbonyl (C=O) groups is 2. The molecule has 0 bridgehead atoms. The molecule has 1 aromatic heterocycles. The van der Waals surface area contributed by atoms with Gasteiger partial charge in [0.1, 0.15) is 6.10 Å². The summed E-state index contributed by atoms with van der Waals surface area (Å²) in [5, 5.41) is 8.40. The topological polar surface area (TPSA) is 80.6 Å². The molecule has 8 heteroatoms. The fraction of sp³-hybridized carbons (Fsp3) is 0.360. The van der Waals surface area contributed by atoms with Gasteiger partial charge in [-0.1, -0.05) is 65.9 Å². The van der Waals surface area contributed by atoms with E-state index < -0.39 is 0 Å². The molecule has 0 saturated carbocycles. The Morgan fingerprint density at radius 3 is 2.30 bits per heavy atom. The molecule has 2 aromatic carbocycles. The monoisotopic (exact) mass is 445 g/mol. The van der Waals surface area contributed by atoms with Gasteiger partial charge in [-0.25, -0.2) is 4.68 Å². The Balaban J connectivity index is 1.16. The van der Waals surface area contributed by atoms with E-state index >= 15 is 0 Å². The van der Waals surface area contributed by atoms with Crippen LogP contribution in [0.4, 0.5) is 0 Å². The number of ether oxygens (including phenoxy) is 1. The van der Waals surface area contributed by atoms with Crippen molar-refractivity contribution in [3.05, 3.63) is 83.2 Å². The molecule has 0 aliphatic carbocycles. The van der Waals surface area contributed by atoms with E-state index in [4.69, 9.17) is 4.74 Å². The minimum absolute atomic E-state index is 0.103. The van der Waals surface area contributed by atoms with Gasteiger partial charge < -0.3 is 14.5 Å². The number of rotatable bonds is 5. The molecule has 8 nitrogen and oxygen atoms in total. The number of fused-ring (bicyclic) bond motifs is 1. The highest BCUT2D eigenvalue weighted by Crippen LogP contribution is 2.27. The molecule has 0 N–H and O–H groups in total. The van der Waals surface area contributed by atoms with Crippen LogP contribution < -0.4 is 0 Å². The molecule has 1 atom stereocenters. The van der Waals surface area contributed by atoms with Gasteiger partial charge in [-0.2, -0.15) is 0 Å². The van der Waals surface area contributed by atoms with Crippen LogP contribution >= 0.6 is 0 Å². The van der Waals surface area contributed by atoms with Crippen LogP contribution in [-0.2, 0) is 29.1 Å². The third-order valence-corrected chi connectivity index (χ3v) is 6.36. The molecule has 1 saturated heterocycles. The van der Waals surface area contributed by atoms with Gasteiger partial charge in [0.05, 0.1) is 18.8 Å². The van der Waals surface area contributed by atoms with Crippen LogP contribution in [0.3, 0.4) is 0 Å². The van der Waals surface area contributed by atoms with E-state index in [1.165, 1.54) is 0 Å². The first-order chi connectivity index (χ1) is 16.2. The highest BCUT2D eigenvalue weighted by molar-refractivity contribution is 5.93. The highest BCUT2D eigenvalue weighted by atomic mass is 16.5. The molecule has 33 heavy (non-hydrogen) atoms. The van der Waals surface area contributed by atoms with Gasteiger partial charge in [0.25, 0.3) is 5.91 Å². The van der Waals surface area contributed by atoms with Crippen LogP contribution in [0.25, 0.3) is 0 Å². The van der Waals surface area contributed by atoms with Crippen LogP contribution in [0, 0.1) is 0 Å². The lowest BCUT2D eigenvalue weighted by Gasteiger charge is -2.34. The molecule has 0 unspecified atom stereocenters. The first kappa shape index (κ1) is 21.3. The second-order valence-electron chi connectivity index (χ2n) is 8.44. The second-order valence-corrected chi connectivity index (χ2v) is 8.44. The first-order valence-corrected chi connectivity index (χ1v) is 11.4. The number of piperazine rings is 1. The first-order valence-electron chi connectivity index (χ1n) is 11.4. The van der Waals surface area contributed by atoms with Crippen LogP contribution in [0.15, 0.2) is 60.7 Å². The van der Waals surface area contributed by atoms with Gasteiger partial charge in [-0.05, 0) is 17.5 Å². The zero-order valence-electron chi connectivity index (χ0n) is 18.5. The van der Waals surface area contributed by atoms with Crippen molar-refractivity contribution in [3.63, 3.8) is 0 Å². The molecule has 2 amide bonds. The molecule has 0 radical (unpaired) electrons. The van der Waals surface area contributed by atoms with Crippen molar-refractivity contribution in [2.24, 2.45) is 0 Å². The van der Waals surface area contributed by atoms with Crippen molar-refractivity contribution < 1.29 is 14.3 Å². The van der Waals surface area contributed by atoms with E-state index in [0.717, 1.165) is 17.5 Å². The minimum Gasteiger partial charge on any atom is -0.365 e. The third-order valence-electron chi connectivity index (χ3n) is 6.36. The number of benzene rings is 2. The SMILES string of the molecule is O=C(CCc1ccccc1)N1CCN(C(=O)c2nnn3c2CO[C@@H](c2ccccc2)C3)CC1. The Labute approximate surface area is 192 Å². The Hall–Kier alpha value is -3.52. The lowest BCUT2D eigenvalue weighted by atomic mass is 10.1. The third kappa shape index (κ3) is 4.66. The predicted octanol–water partition coefficient (Wildman–Crippen LogP) is 2.47. The summed E-state index contributed by atoms with van der Waals surface area (Å²) in [4.78, 5) is 29.3. The second kappa shape index (κ2) is 9.54. The number of hydrogen-bond donors (Lipinski definition) is 0. The average Bonchev–Trinajstić information content (AvgIpc) is 3.31. The predicted molar refractivity (Wildman–Crippen MR) is 121 cm³/mol. The van der Waals surface area contributed by atoms with Gasteiger partial charge in [0.2, 0.25) is 5.91 Å². The summed E-state index contributed by atoms with van der Waals surface area (Å²) in [7, 11) is 0. The van der Waals surface area contributed by atoms with Crippen LogP contribution in [-0.4, -0.2) is 62.8 Å². The number of amides is 2. The lowest BCUT2D eigenvalue weighted by Crippen LogP contribution is -2.50. The largest absolute Gasteiger partial charge is 0.365 e. The molecule has 2 aliphatic rings. The van der Waals surface area contributed by atoms with Crippen molar-refractivity contribution >= 4 is 11.8 Å². The maximum absolute atomic E-state index is 13.1. The Morgan fingerprint density at radius 2 is 1.58 bits per heavy atom. The number of nitrogens with zero attached hydrogens (tertiary/aromatic N) is 5. The zero-order chi connectivity index (χ0) is 22.6. The fourth-order valence-electron chi connectivity index (χ4n) is 4.41. The molecule has 2 aliphatic heterocycles. The average molecular weight is 446 g/mol. The van der Waals surface area contributed by atoms with Crippen molar-refractivity contribution in [3.8, 4) is 0 Å². The van der Waals surface area contributed by atoms with E-state index in [1.807, 2.05) is 65.6 Å². The van der Waals surface area contributed by atoms with Crippen molar-refractivity contribution in [1.29, 1.82) is 0 Å². The van der Waals surface area contributed by atoms with Crippen molar-refractivity contribution in [2.45, 2.75) is 32.1 Å². The molecular weight excluding hydrogens is 418 g/mol. The number of hydrogen-bond acceptors (Lipinski definition) is 5. The van der Waals surface area contributed by atoms with Crippen LogP contribution in [0.1, 0.15) is 39.8 Å². The maximum atomic E-state index is 13.1. The normalized spacial score (nSPS) is 18.1. The van der Waals surface area contributed by atoms with Crippen molar-refractivity contribution in [1.82, 2.24) is 24.8 Å². The van der Waals surface area contributed by atoms with Gasteiger partial charge in [-0.15, -0.1) is 5.10 Å². The van der Waals surface area contributed by atoms with E-state index in [9.17, 15) is 9.59 Å². The Kier molecular flexibility index (Phi) is 6.17. The van der Waals surface area contributed by atoms with E-state index in [1.54, 1.807) is 9.58 Å². The summed E-state index contributed by atoms with van der Waals surface area (Å²) in [6.07, 6.45) is 1.11. The summed E-state index contributed by atoms with van der Waals surface area (Å²) >= 11 is 0. The van der Waals surface area contributed by atoms with Gasteiger partial charge in [0, 0.05) is 32.6 Å².